The molecule has 0 amide bonds. The molecule has 0 aliphatic rings. The molecule has 0 bridgehead atoms. The van der Waals surface area contributed by atoms with Crippen LogP contribution in [0, 0.1) is 11.9 Å². The Balaban J connectivity index is 0.00000144. The van der Waals surface area contributed by atoms with Gasteiger partial charge in [0, 0.05) is 21.6 Å². The van der Waals surface area contributed by atoms with Gasteiger partial charge in [-0.1, -0.05) is 34.1 Å². The van der Waals surface area contributed by atoms with Gasteiger partial charge in [0.2, 0.25) is 0 Å². The van der Waals surface area contributed by atoms with E-state index in [4.69, 9.17) is 4.74 Å². The van der Waals surface area contributed by atoms with E-state index >= 15 is 0 Å². The van der Waals surface area contributed by atoms with E-state index in [1.54, 1.807) is 12.1 Å². The second-order valence-electron chi connectivity index (χ2n) is 3.24. The molecule has 0 saturated carbocycles. The normalized spacial score (nSPS) is 9.53. The van der Waals surface area contributed by atoms with Crippen LogP contribution < -0.4 is 23.6 Å². The summed E-state index contributed by atoms with van der Waals surface area (Å²) in [4.78, 5) is 0. The van der Waals surface area contributed by atoms with Gasteiger partial charge in [0.15, 0.2) is 0 Å². The summed E-state index contributed by atoms with van der Waals surface area (Å²) in [6.45, 7) is 0.390. The van der Waals surface area contributed by atoms with Gasteiger partial charge in [-0.2, -0.15) is 6.07 Å². The quantitative estimate of drug-likeness (QED) is 0.604. The number of halogens is 2. The standard InChI is InChI=1S/C13H9BrFO.Li/c14-13-7-2-1-4-10(13)9-16-12-6-3-5-11(15)8-12;/h1-7H,9H2;/q-1;+1. The molecular formula is C13H9BrFLiO. The Morgan fingerprint density at radius 2 is 1.88 bits per heavy atom. The van der Waals surface area contributed by atoms with E-state index in [2.05, 4.69) is 22.0 Å². The van der Waals surface area contributed by atoms with Gasteiger partial charge in [-0.3, -0.25) is 0 Å². The molecule has 0 aromatic heterocycles. The summed E-state index contributed by atoms with van der Waals surface area (Å²) >= 11 is 3.42. The first-order valence-electron chi connectivity index (χ1n) is 4.80. The first kappa shape index (κ1) is 14.3. The van der Waals surface area contributed by atoms with Crippen molar-refractivity contribution in [3.8, 4) is 5.75 Å². The Morgan fingerprint density at radius 1 is 1.12 bits per heavy atom. The Bertz CT molecular complexity index is 490. The molecule has 0 radical (unpaired) electrons. The van der Waals surface area contributed by atoms with E-state index in [-0.39, 0.29) is 18.9 Å². The van der Waals surface area contributed by atoms with Crippen molar-refractivity contribution in [2.24, 2.45) is 0 Å². The summed E-state index contributed by atoms with van der Waals surface area (Å²) in [6, 6.07) is 14.9. The minimum Gasteiger partial charge on any atom is -0.515 e. The van der Waals surface area contributed by atoms with Gasteiger partial charge in [0.05, 0.1) is 0 Å². The maximum Gasteiger partial charge on any atom is 1.00 e. The fraction of sp³-hybridized carbons (Fsp3) is 0.0769. The molecule has 0 fully saturated rings. The second-order valence-corrected chi connectivity index (χ2v) is 4.10. The van der Waals surface area contributed by atoms with Crippen LogP contribution in [0.15, 0.2) is 46.9 Å². The Kier molecular flexibility index (Phi) is 5.77. The maximum atomic E-state index is 12.8. The van der Waals surface area contributed by atoms with Gasteiger partial charge in [0.25, 0.3) is 0 Å². The van der Waals surface area contributed by atoms with E-state index in [0.29, 0.717) is 12.4 Å². The molecular weight excluding hydrogens is 278 g/mol. The molecule has 0 spiro atoms. The fourth-order valence-electron chi connectivity index (χ4n) is 1.28. The molecule has 0 unspecified atom stereocenters. The van der Waals surface area contributed by atoms with Crippen LogP contribution in [0.3, 0.4) is 0 Å². The molecule has 0 aliphatic carbocycles. The summed E-state index contributed by atoms with van der Waals surface area (Å²) in [5, 5.41) is 0. The average molecular weight is 287 g/mol. The average Bonchev–Trinajstić information content (AvgIpc) is 2.28. The summed E-state index contributed by atoms with van der Waals surface area (Å²) in [7, 11) is 0. The van der Waals surface area contributed by atoms with Crippen LogP contribution in [0.2, 0.25) is 0 Å². The van der Waals surface area contributed by atoms with Crippen LogP contribution in [0.5, 0.6) is 5.75 Å². The predicted octanol–water partition coefficient (Wildman–Crippen LogP) is 0.971. The van der Waals surface area contributed by atoms with Crippen molar-refractivity contribution in [3.63, 3.8) is 0 Å². The number of benzene rings is 2. The van der Waals surface area contributed by atoms with Crippen molar-refractivity contribution in [2.45, 2.75) is 6.61 Å². The summed E-state index contributed by atoms with van der Waals surface area (Å²) in [6.07, 6.45) is 0. The topological polar surface area (TPSA) is 9.23 Å². The largest absolute Gasteiger partial charge is 1.00 e. The van der Waals surface area contributed by atoms with Crippen LogP contribution in [0.1, 0.15) is 5.56 Å². The molecule has 4 heteroatoms. The van der Waals surface area contributed by atoms with Gasteiger partial charge in [-0.15, -0.1) is 18.2 Å². The van der Waals surface area contributed by atoms with E-state index in [1.165, 1.54) is 6.07 Å². The van der Waals surface area contributed by atoms with Crippen LogP contribution in [0.25, 0.3) is 0 Å². The maximum absolute atomic E-state index is 12.8. The zero-order valence-corrected chi connectivity index (χ0v) is 11.0. The van der Waals surface area contributed by atoms with Crippen LogP contribution in [0.4, 0.5) is 4.39 Å². The molecule has 17 heavy (non-hydrogen) atoms. The number of rotatable bonds is 3. The number of hydrogen-bond donors (Lipinski definition) is 0. The van der Waals surface area contributed by atoms with Crippen molar-refractivity contribution < 1.29 is 28.0 Å². The van der Waals surface area contributed by atoms with E-state index in [1.807, 2.05) is 24.3 Å². The third-order valence-electron chi connectivity index (χ3n) is 2.07. The Hall–Kier alpha value is -0.753. The minimum absolute atomic E-state index is 0. The van der Waals surface area contributed by atoms with Gasteiger partial charge in [-0.05, 0) is 6.07 Å². The number of hydrogen-bond acceptors (Lipinski definition) is 1. The molecule has 0 aliphatic heterocycles. The molecule has 0 N–H and O–H groups in total. The van der Waals surface area contributed by atoms with Crippen molar-refractivity contribution >= 4 is 15.9 Å². The summed E-state index contributed by atoms with van der Waals surface area (Å²) < 4.78 is 19.2. The smallest absolute Gasteiger partial charge is 0.515 e. The van der Waals surface area contributed by atoms with Crippen LogP contribution >= 0.6 is 15.9 Å². The van der Waals surface area contributed by atoms with Crippen LogP contribution in [-0.2, 0) is 6.61 Å². The zero-order chi connectivity index (χ0) is 11.4. The van der Waals surface area contributed by atoms with Crippen molar-refractivity contribution in [3.05, 3.63) is 64.4 Å². The molecule has 0 atom stereocenters. The fourth-order valence-corrected chi connectivity index (χ4v) is 1.68. The molecule has 0 heterocycles. The first-order chi connectivity index (χ1) is 7.75. The van der Waals surface area contributed by atoms with Crippen molar-refractivity contribution in [2.75, 3.05) is 0 Å². The van der Waals surface area contributed by atoms with Gasteiger partial charge >= 0.3 is 18.9 Å². The van der Waals surface area contributed by atoms with E-state index < -0.39 is 5.82 Å². The molecule has 2 aromatic carbocycles. The SMILES string of the molecule is Fc1[c-]c(OCc2ccccc2Br)ccc1.[Li+]. The Labute approximate surface area is 120 Å². The minimum atomic E-state index is -0.412. The third-order valence-corrected chi connectivity index (χ3v) is 2.85. The van der Waals surface area contributed by atoms with Gasteiger partial charge in [0.1, 0.15) is 6.61 Å². The number of ether oxygens (including phenoxy) is 1. The summed E-state index contributed by atoms with van der Waals surface area (Å²) in [5.74, 6) is 0.000352. The van der Waals surface area contributed by atoms with E-state index in [0.717, 1.165) is 10.0 Å². The van der Waals surface area contributed by atoms with E-state index in [9.17, 15) is 4.39 Å². The third kappa shape index (κ3) is 4.20. The molecule has 1 nitrogen and oxygen atoms in total. The first-order valence-corrected chi connectivity index (χ1v) is 5.59. The van der Waals surface area contributed by atoms with Gasteiger partial charge < -0.3 is 4.74 Å². The molecule has 2 aromatic rings. The molecule has 2 rings (SSSR count). The van der Waals surface area contributed by atoms with Crippen LogP contribution in [-0.4, -0.2) is 0 Å². The second kappa shape index (κ2) is 6.86. The van der Waals surface area contributed by atoms with Gasteiger partial charge in [-0.25, -0.2) is 4.39 Å². The zero-order valence-electron chi connectivity index (χ0n) is 9.41. The Morgan fingerprint density at radius 3 is 2.59 bits per heavy atom. The van der Waals surface area contributed by atoms with Crippen molar-refractivity contribution in [1.82, 2.24) is 0 Å². The predicted molar refractivity (Wildman–Crippen MR) is 63.7 cm³/mol. The molecule has 82 valence electrons. The van der Waals surface area contributed by atoms with Crippen molar-refractivity contribution in [1.29, 1.82) is 0 Å². The molecule has 0 saturated heterocycles. The monoisotopic (exact) mass is 286 g/mol. The summed E-state index contributed by atoms with van der Waals surface area (Å²) in [5.41, 5.74) is 1.01.